The van der Waals surface area contributed by atoms with Gasteiger partial charge in [0.2, 0.25) is 0 Å². The topological polar surface area (TPSA) is 67.0 Å². The number of anilines is 1. The minimum Gasteiger partial charge on any atom is -0.448 e. The maximum atomic E-state index is 12.1. The number of para-hydroxylation sites is 2. The molecule has 1 aromatic heterocycles. The van der Waals surface area contributed by atoms with Crippen LogP contribution in [0.3, 0.4) is 0 Å². The highest BCUT2D eigenvalue weighted by Crippen LogP contribution is 2.29. The zero-order chi connectivity index (χ0) is 23.0. The van der Waals surface area contributed by atoms with Crippen molar-refractivity contribution in [3.05, 3.63) is 77.9 Å². The Hall–Kier alpha value is -2.55. The number of aromatic amines is 1. The first-order valence-electron chi connectivity index (χ1n) is 10.5. The highest BCUT2D eigenvalue weighted by atomic mass is 32.2. The van der Waals surface area contributed by atoms with Gasteiger partial charge in [0, 0.05) is 27.0 Å². The summed E-state index contributed by atoms with van der Waals surface area (Å²) in [7, 11) is 0. The summed E-state index contributed by atoms with van der Waals surface area (Å²) in [6, 6.07) is 22.1. The Balaban J connectivity index is 1.25. The van der Waals surface area contributed by atoms with Gasteiger partial charge in [0.05, 0.1) is 11.0 Å². The highest BCUT2D eigenvalue weighted by molar-refractivity contribution is 7.99. The molecule has 0 radical (unpaired) electrons. The molecule has 4 rings (SSSR count). The fraction of sp³-hybridized carbons (Fsp3) is 0.200. The van der Waals surface area contributed by atoms with E-state index >= 15 is 0 Å². The van der Waals surface area contributed by atoms with Crippen LogP contribution in [0.4, 0.5) is 10.5 Å². The van der Waals surface area contributed by atoms with Crippen LogP contribution in [0.1, 0.15) is 11.1 Å². The van der Waals surface area contributed by atoms with Crippen molar-refractivity contribution in [2.75, 3.05) is 23.9 Å². The van der Waals surface area contributed by atoms with Crippen molar-refractivity contribution in [2.24, 2.45) is 0 Å². The van der Waals surface area contributed by atoms with Crippen LogP contribution in [0.2, 0.25) is 0 Å². The van der Waals surface area contributed by atoms with E-state index in [-0.39, 0.29) is 0 Å². The molecule has 8 heteroatoms. The van der Waals surface area contributed by atoms with Crippen molar-refractivity contribution < 1.29 is 9.53 Å². The Morgan fingerprint density at radius 1 is 1.06 bits per heavy atom. The molecule has 4 aromatic rings. The number of carbonyl (C=O) groups excluding carboxylic acids is 1. The second-order valence-corrected chi connectivity index (χ2v) is 10.2. The zero-order valence-corrected chi connectivity index (χ0v) is 20.9. The molecular formula is C25H25N3O2S3. The van der Waals surface area contributed by atoms with Gasteiger partial charge in [-0.1, -0.05) is 42.1 Å². The predicted octanol–water partition coefficient (Wildman–Crippen LogP) is 7.23. The fourth-order valence-corrected chi connectivity index (χ4v) is 5.58. The Kier molecular flexibility index (Phi) is 8.25. The number of hydrogen-bond donors (Lipinski definition) is 2. The van der Waals surface area contributed by atoms with Crippen molar-refractivity contribution in [1.29, 1.82) is 0 Å². The van der Waals surface area contributed by atoms with Crippen LogP contribution >= 0.6 is 35.3 Å². The second-order valence-electron chi connectivity index (χ2n) is 7.23. The number of fused-ring (bicyclic) bond motifs is 1. The summed E-state index contributed by atoms with van der Waals surface area (Å²) < 4.78 is 5.35. The molecule has 170 valence electrons. The maximum absolute atomic E-state index is 12.1. The molecule has 33 heavy (non-hydrogen) atoms. The number of thioether (sulfide) groups is 3. The van der Waals surface area contributed by atoms with E-state index in [0.717, 1.165) is 32.5 Å². The zero-order valence-electron chi connectivity index (χ0n) is 18.5. The maximum Gasteiger partial charge on any atom is 0.411 e. The minimum absolute atomic E-state index is 0.343. The molecule has 0 fully saturated rings. The fourth-order valence-electron chi connectivity index (χ4n) is 3.26. The SMILES string of the molecule is CSc1cccc(NC(=O)OCCSc2cccc(CSc3nc4ccccc4[nH]3)c2C)c1. The van der Waals surface area contributed by atoms with Gasteiger partial charge in [-0.2, -0.15) is 0 Å². The molecule has 1 heterocycles. The average Bonchev–Trinajstić information content (AvgIpc) is 3.25. The molecule has 0 unspecified atom stereocenters. The van der Waals surface area contributed by atoms with Crippen LogP contribution in [-0.2, 0) is 10.5 Å². The predicted molar refractivity (Wildman–Crippen MR) is 141 cm³/mol. The van der Waals surface area contributed by atoms with E-state index in [1.807, 2.05) is 54.8 Å². The summed E-state index contributed by atoms with van der Waals surface area (Å²) >= 11 is 5.04. The summed E-state index contributed by atoms with van der Waals surface area (Å²) in [5.74, 6) is 1.54. The first-order chi connectivity index (χ1) is 16.1. The quantitative estimate of drug-likeness (QED) is 0.189. The Morgan fingerprint density at radius 3 is 2.76 bits per heavy atom. The van der Waals surface area contributed by atoms with Crippen molar-refractivity contribution >= 4 is 58.1 Å². The molecule has 5 nitrogen and oxygen atoms in total. The van der Waals surface area contributed by atoms with Crippen LogP contribution in [-0.4, -0.2) is 34.7 Å². The van der Waals surface area contributed by atoms with Crippen LogP contribution in [0, 0.1) is 6.92 Å². The molecule has 0 saturated carbocycles. The van der Waals surface area contributed by atoms with E-state index in [2.05, 4.69) is 40.4 Å². The molecule has 0 aliphatic carbocycles. The molecule has 0 saturated heterocycles. The number of H-pyrrole nitrogens is 1. The number of benzene rings is 3. The van der Waals surface area contributed by atoms with Gasteiger partial charge in [-0.05, 0) is 60.7 Å². The molecule has 2 N–H and O–H groups in total. The molecule has 1 amide bonds. The van der Waals surface area contributed by atoms with Gasteiger partial charge in [0.25, 0.3) is 0 Å². The standard InChI is InChI=1S/C25H25N3O2S3/c1-17-18(16-33-24-27-21-10-3-4-11-22(21)28-24)7-5-12-23(17)32-14-13-30-25(29)26-19-8-6-9-20(15-19)31-2/h3-12,15H,13-14,16H2,1-2H3,(H,26,29)(H,27,28). The third-order valence-electron chi connectivity index (χ3n) is 5.02. The van der Waals surface area contributed by atoms with Crippen molar-refractivity contribution in [1.82, 2.24) is 9.97 Å². The largest absolute Gasteiger partial charge is 0.448 e. The summed E-state index contributed by atoms with van der Waals surface area (Å²) in [4.78, 5) is 22.4. The molecular weight excluding hydrogens is 470 g/mol. The first kappa shape index (κ1) is 23.6. The minimum atomic E-state index is -0.429. The number of nitrogens with zero attached hydrogens (tertiary/aromatic N) is 1. The van der Waals surface area contributed by atoms with Crippen LogP contribution in [0.25, 0.3) is 11.0 Å². The second kappa shape index (κ2) is 11.5. The van der Waals surface area contributed by atoms with Gasteiger partial charge in [-0.3, -0.25) is 5.32 Å². The van der Waals surface area contributed by atoms with Crippen molar-refractivity contribution in [2.45, 2.75) is 27.6 Å². The molecule has 0 atom stereocenters. The Morgan fingerprint density at radius 2 is 1.91 bits per heavy atom. The number of aromatic nitrogens is 2. The highest BCUT2D eigenvalue weighted by Gasteiger charge is 2.09. The number of imidazole rings is 1. The van der Waals surface area contributed by atoms with Gasteiger partial charge in [0.15, 0.2) is 5.16 Å². The molecule has 0 aliphatic heterocycles. The number of hydrogen-bond acceptors (Lipinski definition) is 6. The van der Waals surface area contributed by atoms with Crippen LogP contribution in [0.5, 0.6) is 0 Å². The van der Waals surface area contributed by atoms with E-state index in [1.54, 1.807) is 35.3 Å². The van der Waals surface area contributed by atoms with Gasteiger partial charge in [0.1, 0.15) is 6.61 Å². The summed E-state index contributed by atoms with van der Waals surface area (Å²) in [5, 5.41) is 3.71. The number of carbonyl (C=O) groups is 1. The van der Waals surface area contributed by atoms with Gasteiger partial charge < -0.3 is 9.72 Å². The number of nitrogens with one attached hydrogen (secondary N) is 2. The lowest BCUT2D eigenvalue weighted by molar-refractivity contribution is 0.169. The summed E-state index contributed by atoms with van der Waals surface area (Å²) in [5.41, 5.74) is 5.32. The van der Waals surface area contributed by atoms with Crippen LogP contribution < -0.4 is 5.32 Å². The summed E-state index contributed by atoms with van der Waals surface area (Å²) in [6.45, 7) is 2.49. The lowest BCUT2D eigenvalue weighted by Gasteiger charge is -2.11. The summed E-state index contributed by atoms with van der Waals surface area (Å²) in [6.07, 6.45) is 1.57. The number of ether oxygens (including phenoxy) is 1. The molecule has 0 aliphatic rings. The van der Waals surface area contributed by atoms with Crippen LogP contribution in [0.15, 0.2) is 81.7 Å². The molecule has 0 spiro atoms. The number of rotatable bonds is 9. The van der Waals surface area contributed by atoms with Crippen molar-refractivity contribution in [3.63, 3.8) is 0 Å². The van der Waals surface area contributed by atoms with Gasteiger partial charge in [-0.15, -0.1) is 23.5 Å². The molecule has 3 aromatic carbocycles. The molecule has 0 bridgehead atoms. The van der Waals surface area contributed by atoms with E-state index in [9.17, 15) is 4.79 Å². The van der Waals surface area contributed by atoms with E-state index in [4.69, 9.17) is 4.74 Å². The first-order valence-corrected chi connectivity index (χ1v) is 13.7. The smallest absolute Gasteiger partial charge is 0.411 e. The monoisotopic (exact) mass is 495 g/mol. The van der Waals surface area contributed by atoms with Gasteiger partial charge >= 0.3 is 6.09 Å². The Bertz CT molecular complexity index is 1210. The third kappa shape index (κ3) is 6.50. The van der Waals surface area contributed by atoms with Crippen molar-refractivity contribution in [3.8, 4) is 0 Å². The normalized spacial score (nSPS) is 11.0. The lowest BCUT2D eigenvalue weighted by Crippen LogP contribution is -2.15. The Labute approximate surface area is 206 Å². The van der Waals surface area contributed by atoms with E-state index in [1.165, 1.54) is 16.0 Å². The lowest BCUT2D eigenvalue weighted by atomic mass is 10.1. The number of amides is 1. The van der Waals surface area contributed by atoms with Gasteiger partial charge in [-0.25, -0.2) is 9.78 Å². The van der Waals surface area contributed by atoms with E-state index < -0.39 is 6.09 Å². The van der Waals surface area contributed by atoms with E-state index in [0.29, 0.717) is 12.4 Å². The average molecular weight is 496 g/mol. The third-order valence-corrected chi connectivity index (χ3v) is 7.79.